The molecule has 1 aliphatic rings. The Balaban J connectivity index is 1.91. The predicted molar refractivity (Wildman–Crippen MR) is 83.9 cm³/mol. The second-order valence-electron chi connectivity index (χ2n) is 5.97. The number of pyridine rings is 1. The molecule has 0 saturated carbocycles. The molecule has 1 atom stereocenters. The summed E-state index contributed by atoms with van der Waals surface area (Å²) < 4.78 is 0. The second-order valence-corrected chi connectivity index (χ2v) is 5.97. The quantitative estimate of drug-likeness (QED) is 0.559. The Morgan fingerprint density at radius 3 is 2.95 bits per heavy atom. The Kier molecular flexibility index (Phi) is 5.14. The maximum Gasteiger partial charge on any atom is 0.255 e. The number of hydrazine groups is 1. The SMILES string of the molecule is Cc1cc(NN)c(C(=O)NCC2CCN(C(C)C)C2)cn1. The van der Waals surface area contributed by atoms with Gasteiger partial charge in [0.2, 0.25) is 0 Å². The lowest BCUT2D eigenvalue weighted by Gasteiger charge is -2.20. The van der Waals surface area contributed by atoms with Gasteiger partial charge in [0.05, 0.1) is 11.3 Å². The lowest BCUT2D eigenvalue weighted by Crippen LogP contribution is -2.33. The lowest BCUT2D eigenvalue weighted by atomic mass is 10.1. The zero-order valence-electron chi connectivity index (χ0n) is 13.0. The van der Waals surface area contributed by atoms with E-state index in [1.807, 2.05) is 6.92 Å². The molecule has 1 saturated heterocycles. The lowest BCUT2D eigenvalue weighted by molar-refractivity contribution is 0.0947. The zero-order valence-corrected chi connectivity index (χ0v) is 13.0. The van der Waals surface area contributed by atoms with E-state index in [0.717, 1.165) is 25.2 Å². The Hall–Kier alpha value is -1.66. The van der Waals surface area contributed by atoms with Crippen LogP contribution < -0.4 is 16.6 Å². The largest absolute Gasteiger partial charge is 0.352 e. The van der Waals surface area contributed by atoms with E-state index in [4.69, 9.17) is 5.84 Å². The van der Waals surface area contributed by atoms with Crippen molar-refractivity contribution in [1.29, 1.82) is 0 Å². The molecule has 6 heteroatoms. The zero-order chi connectivity index (χ0) is 15.4. The Labute approximate surface area is 126 Å². The fraction of sp³-hybridized carbons (Fsp3) is 0.600. The molecule has 116 valence electrons. The van der Waals surface area contributed by atoms with E-state index in [1.54, 1.807) is 12.3 Å². The highest BCUT2D eigenvalue weighted by atomic mass is 16.1. The number of likely N-dealkylation sites (tertiary alicyclic amines) is 1. The van der Waals surface area contributed by atoms with E-state index in [-0.39, 0.29) is 5.91 Å². The first kappa shape index (κ1) is 15.7. The highest BCUT2D eigenvalue weighted by molar-refractivity contribution is 5.99. The number of nitrogen functional groups attached to an aromatic ring is 1. The van der Waals surface area contributed by atoms with Crippen molar-refractivity contribution in [3.05, 3.63) is 23.5 Å². The first-order valence-electron chi connectivity index (χ1n) is 7.46. The number of carbonyl (C=O) groups is 1. The first-order chi connectivity index (χ1) is 10.0. The summed E-state index contributed by atoms with van der Waals surface area (Å²) in [5.41, 5.74) is 4.47. The van der Waals surface area contributed by atoms with Gasteiger partial charge in [0, 0.05) is 31.0 Å². The summed E-state index contributed by atoms with van der Waals surface area (Å²) in [7, 11) is 0. The standard InChI is InChI=1S/C15H25N5O/c1-10(2)20-5-4-12(9-20)7-18-15(21)13-8-17-11(3)6-14(13)19-16/h6,8,10,12H,4-5,7,9,16H2,1-3H3,(H,17,19)(H,18,21). The summed E-state index contributed by atoms with van der Waals surface area (Å²) in [6.45, 7) is 9.13. The highest BCUT2D eigenvalue weighted by Gasteiger charge is 2.24. The third-order valence-electron chi connectivity index (χ3n) is 4.04. The van der Waals surface area contributed by atoms with Gasteiger partial charge in [-0.3, -0.25) is 15.6 Å². The van der Waals surface area contributed by atoms with E-state index in [2.05, 4.69) is 34.5 Å². The number of anilines is 1. The van der Waals surface area contributed by atoms with Crippen molar-refractivity contribution in [1.82, 2.24) is 15.2 Å². The van der Waals surface area contributed by atoms with E-state index in [1.165, 1.54) is 0 Å². The van der Waals surface area contributed by atoms with Gasteiger partial charge in [0.25, 0.3) is 5.91 Å². The van der Waals surface area contributed by atoms with Crippen molar-refractivity contribution < 1.29 is 4.79 Å². The predicted octanol–water partition coefficient (Wildman–Crippen LogP) is 1.14. The molecule has 21 heavy (non-hydrogen) atoms. The number of rotatable bonds is 5. The number of nitrogens with zero attached hydrogens (tertiary/aromatic N) is 2. The van der Waals surface area contributed by atoms with Crippen LogP contribution in [-0.2, 0) is 0 Å². The fourth-order valence-corrected chi connectivity index (χ4v) is 2.69. The van der Waals surface area contributed by atoms with Gasteiger partial charge in [0.1, 0.15) is 0 Å². The molecule has 0 spiro atoms. The number of nitrogens with one attached hydrogen (secondary N) is 2. The van der Waals surface area contributed by atoms with Crippen molar-refractivity contribution in [2.24, 2.45) is 11.8 Å². The summed E-state index contributed by atoms with van der Waals surface area (Å²) >= 11 is 0. The molecule has 1 aliphatic heterocycles. The normalized spacial score (nSPS) is 19.0. The Morgan fingerprint density at radius 1 is 1.57 bits per heavy atom. The number of aryl methyl sites for hydroxylation is 1. The van der Waals surface area contributed by atoms with Crippen molar-refractivity contribution in [2.75, 3.05) is 25.1 Å². The van der Waals surface area contributed by atoms with Crippen LogP contribution in [0.15, 0.2) is 12.3 Å². The summed E-state index contributed by atoms with van der Waals surface area (Å²) in [6.07, 6.45) is 2.70. The van der Waals surface area contributed by atoms with Crippen LogP contribution in [0.3, 0.4) is 0 Å². The topological polar surface area (TPSA) is 83.3 Å². The van der Waals surface area contributed by atoms with Crippen LogP contribution in [0, 0.1) is 12.8 Å². The van der Waals surface area contributed by atoms with Crippen LogP contribution in [0.25, 0.3) is 0 Å². The van der Waals surface area contributed by atoms with E-state index in [9.17, 15) is 4.79 Å². The van der Waals surface area contributed by atoms with Crippen LogP contribution in [-0.4, -0.2) is 41.5 Å². The maximum absolute atomic E-state index is 12.2. The van der Waals surface area contributed by atoms with Gasteiger partial charge >= 0.3 is 0 Å². The van der Waals surface area contributed by atoms with Gasteiger partial charge in [-0.1, -0.05) is 0 Å². The molecule has 1 aromatic rings. The van der Waals surface area contributed by atoms with Crippen molar-refractivity contribution in [2.45, 2.75) is 33.2 Å². The molecular formula is C15H25N5O. The number of carbonyl (C=O) groups excluding carboxylic acids is 1. The van der Waals surface area contributed by atoms with Gasteiger partial charge in [-0.25, -0.2) is 0 Å². The molecule has 1 aromatic heterocycles. The smallest absolute Gasteiger partial charge is 0.255 e. The number of hydrogen-bond donors (Lipinski definition) is 3. The molecule has 4 N–H and O–H groups in total. The van der Waals surface area contributed by atoms with Gasteiger partial charge in [-0.2, -0.15) is 0 Å². The van der Waals surface area contributed by atoms with Crippen LogP contribution in [0.5, 0.6) is 0 Å². The molecule has 1 amide bonds. The van der Waals surface area contributed by atoms with E-state index < -0.39 is 0 Å². The summed E-state index contributed by atoms with van der Waals surface area (Å²) in [4.78, 5) is 18.8. The monoisotopic (exact) mass is 291 g/mol. The molecular weight excluding hydrogens is 266 g/mol. The number of hydrogen-bond acceptors (Lipinski definition) is 5. The highest BCUT2D eigenvalue weighted by Crippen LogP contribution is 2.18. The fourth-order valence-electron chi connectivity index (χ4n) is 2.69. The molecule has 2 rings (SSSR count). The van der Waals surface area contributed by atoms with Gasteiger partial charge in [-0.05, 0) is 45.7 Å². The van der Waals surface area contributed by atoms with Crippen molar-refractivity contribution >= 4 is 11.6 Å². The van der Waals surface area contributed by atoms with Gasteiger partial charge in [0.15, 0.2) is 0 Å². The molecule has 0 aromatic carbocycles. The minimum atomic E-state index is -0.126. The van der Waals surface area contributed by atoms with Crippen LogP contribution >= 0.6 is 0 Å². The van der Waals surface area contributed by atoms with Gasteiger partial charge in [-0.15, -0.1) is 0 Å². The molecule has 1 fully saturated rings. The molecule has 6 nitrogen and oxygen atoms in total. The minimum absolute atomic E-state index is 0.126. The summed E-state index contributed by atoms with van der Waals surface area (Å²) in [6, 6.07) is 2.34. The van der Waals surface area contributed by atoms with Crippen molar-refractivity contribution in [3.8, 4) is 0 Å². The van der Waals surface area contributed by atoms with E-state index in [0.29, 0.717) is 29.8 Å². The third kappa shape index (κ3) is 3.92. The molecule has 2 heterocycles. The Bertz CT molecular complexity index is 503. The minimum Gasteiger partial charge on any atom is -0.352 e. The number of aromatic nitrogens is 1. The summed E-state index contributed by atoms with van der Waals surface area (Å²) in [5, 5.41) is 2.99. The molecule has 1 unspecified atom stereocenters. The maximum atomic E-state index is 12.2. The van der Waals surface area contributed by atoms with E-state index >= 15 is 0 Å². The molecule has 0 radical (unpaired) electrons. The average Bonchev–Trinajstić information content (AvgIpc) is 2.93. The average molecular weight is 291 g/mol. The molecule has 0 aliphatic carbocycles. The van der Waals surface area contributed by atoms with Crippen molar-refractivity contribution in [3.63, 3.8) is 0 Å². The Morgan fingerprint density at radius 2 is 2.33 bits per heavy atom. The van der Waals surface area contributed by atoms with Crippen LogP contribution in [0.2, 0.25) is 0 Å². The summed E-state index contributed by atoms with van der Waals surface area (Å²) in [5.74, 6) is 5.85. The van der Waals surface area contributed by atoms with Crippen LogP contribution in [0.1, 0.15) is 36.3 Å². The number of amides is 1. The van der Waals surface area contributed by atoms with Gasteiger partial charge < -0.3 is 15.6 Å². The number of nitrogens with two attached hydrogens (primary N) is 1. The third-order valence-corrected chi connectivity index (χ3v) is 4.04. The first-order valence-corrected chi connectivity index (χ1v) is 7.46. The molecule has 0 bridgehead atoms. The van der Waals surface area contributed by atoms with Crippen LogP contribution in [0.4, 0.5) is 5.69 Å². The second kappa shape index (κ2) is 6.87.